The second kappa shape index (κ2) is 7.96. The summed E-state index contributed by atoms with van der Waals surface area (Å²) in [5.74, 6) is 0.941. The van der Waals surface area contributed by atoms with Crippen molar-refractivity contribution in [2.75, 3.05) is 12.4 Å². The van der Waals surface area contributed by atoms with Crippen LogP contribution in [-0.4, -0.2) is 34.7 Å². The number of imidazole rings is 1. The highest BCUT2D eigenvalue weighted by Gasteiger charge is 2.48. The third-order valence-corrected chi connectivity index (χ3v) is 5.38. The molecule has 11 heteroatoms. The van der Waals surface area contributed by atoms with Crippen molar-refractivity contribution in [1.82, 2.24) is 14.1 Å². The third kappa shape index (κ3) is 3.65. The maximum atomic E-state index is 13.8. The largest absolute Gasteiger partial charge is 0.494 e. The zero-order valence-corrected chi connectivity index (χ0v) is 18.2. The van der Waals surface area contributed by atoms with Crippen LogP contribution in [0.25, 0.3) is 5.69 Å². The number of halogens is 3. The maximum absolute atomic E-state index is 13.8. The van der Waals surface area contributed by atoms with Crippen molar-refractivity contribution in [3.05, 3.63) is 78.6 Å². The van der Waals surface area contributed by atoms with Crippen molar-refractivity contribution in [3.63, 3.8) is 0 Å². The lowest BCUT2D eigenvalue weighted by atomic mass is 10.1. The molecule has 8 nitrogen and oxygen atoms in total. The summed E-state index contributed by atoms with van der Waals surface area (Å²) in [6.07, 6.45) is 3.26. The van der Waals surface area contributed by atoms with E-state index in [2.05, 4.69) is 25.4 Å². The van der Waals surface area contributed by atoms with Crippen LogP contribution in [0.3, 0.4) is 0 Å². The number of anilines is 1. The number of methoxy groups -OCH3 is 1. The lowest BCUT2D eigenvalue weighted by Crippen LogP contribution is -2.45. The number of quaternary nitrogens is 1. The summed E-state index contributed by atoms with van der Waals surface area (Å²) in [5, 5.41) is 7.60. The quantitative estimate of drug-likeness (QED) is 0.558. The average molecular weight is 466 g/mol. The fourth-order valence-corrected chi connectivity index (χ4v) is 3.85. The van der Waals surface area contributed by atoms with Gasteiger partial charge in [-0.05, 0) is 30.2 Å². The average Bonchev–Trinajstić information content (AvgIpc) is 3.42. The van der Waals surface area contributed by atoms with E-state index >= 15 is 0 Å². The Morgan fingerprint density at radius 1 is 1.12 bits per heavy atom. The lowest BCUT2D eigenvalue weighted by molar-refractivity contribution is -0.137. The molecule has 172 valence electrons. The van der Waals surface area contributed by atoms with Gasteiger partial charge in [-0.1, -0.05) is 16.7 Å². The van der Waals surface area contributed by atoms with Crippen molar-refractivity contribution >= 4 is 29.4 Å². The van der Waals surface area contributed by atoms with E-state index in [9.17, 15) is 13.2 Å². The number of ether oxygens (including phenoxy) is 1. The molecule has 0 fully saturated rings. The monoisotopic (exact) mass is 466 g/mol. The number of benzene rings is 2. The van der Waals surface area contributed by atoms with Gasteiger partial charge in [0.25, 0.3) is 11.8 Å². The van der Waals surface area contributed by atoms with Crippen LogP contribution in [0.4, 0.5) is 24.5 Å². The number of amidine groups is 1. The van der Waals surface area contributed by atoms with Gasteiger partial charge < -0.3 is 14.6 Å². The Labute approximate surface area is 192 Å². The highest BCUT2D eigenvalue weighted by atomic mass is 19.4. The number of guanidine groups is 1. The van der Waals surface area contributed by atoms with Crippen molar-refractivity contribution in [3.8, 4) is 11.4 Å². The number of aromatic nitrogens is 2. The number of rotatable bonds is 4. The third-order valence-electron chi connectivity index (χ3n) is 5.38. The molecule has 2 aliphatic heterocycles. The van der Waals surface area contributed by atoms with Gasteiger partial charge in [0, 0.05) is 24.0 Å². The van der Waals surface area contributed by atoms with Gasteiger partial charge in [0.2, 0.25) is 0 Å². The molecule has 1 N–H and O–H groups in total. The Hall–Kier alpha value is -4.25. The first kappa shape index (κ1) is 21.6. The number of hydrogen-bond donors (Lipinski definition) is 1. The molecule has 0 radical (unpaired) electrons. The number of nitrogens with zero attached hydrogens (tertiary/aromatic N) is 6. The molecule has 1 atom stereocenters. The Bertz CT molecular complexity index is 1390. The van der Waals surface area contributed by atoms with Gasteiger partial charge in [0.15, 0.2) is 11.9 Å². The second-order valence-corrected chi connectivity index (χ2v) is 7.60. The van der Waals surface area contributed by atoms with E-state index in [0.29, 0.717) is 11.4 Å². The van der Waals surface area contributed by atoms with Gasteiger partial charge in [-0.3, -0.25) is 4.99 Å². The van der Waals surface area contributed by atoms with Crippen molar-refractivity contribution in [2.24, 2.45) is 15.1 Å². The van der Waals surface area contributed by atoms with E-state index in [0.717, 1.165) is 17.4 Å². The van der Waals surface area contributed by atoms with Crippen molar-refractivity contribution in [1.29, 1.82) is 0 Å². The van der Waals surface area contributed by atoms with Gasteiger partial charge in [-0.25, -0.2) is 4.98 Å². The first-order valence-corrected chi connectivity index (χ1v) is 10.2. The predicted molar refractivity (Wildman–Crippen MR) is 124 cm³/mol. The van der Waals surface area contributed by atoms with Crippen LogP contribution in [0.2, 0.25) is 0 Å². The summed E-state index contributed by atoms with van der Waals surface area (Å²) in [7, 11) is 1.55. The standard InChI is InChI=1S/C23H19F3N7O/c1-15-13-32(14-28-15)18-8-7-16(11-20(18)34-2)29-22-30-21-12-27-9-10-33(21,31-22)19-6-4-3-5-17(19)23(24,25)26/h3-14H,1-2H3,(H,29,31)/q+1. The molecule has 34 heavy (non-hydrogen) atoms. The van der Waals surface area contributed by atoms with Crippen LogP contribution in [-0.2, 0) is 6.18 Å². The minimum atomic E-state index is -4.56. The molecule has 0 aliphatic carbocycles. The number of hydrogen-bond acceptors (Lipinski definition) is 6. The molecule has 0 spiro atoms. The molecule has 3 heterocycles. The van der Waals surface area contributed by atoms with E-state index in [4.69, 9.17) is 4.74 Å². The zero-order valence-electron chi connectivity index (χ0n) is 18.2. The normalized spacial score (nSPS) is 19.0. The van der Waals surface area contributed by atoms with Crippen LogP contribution >= 0.6 is 0 Å². The van der Waals surface area contributed by atoms with Crippen molar-refractivity contribution < 1.29 is 17.9 Å². The molecule has 2 aromatic carbocycles. The molecule has 1 aromatic heterocycles. The molecule has 0 bridgehead atoms. The van der Waals surface area contributed by atoms with E-state index in [1.807, 2.05) is 23.8 Å². The first-order chi connectivity index (χ1) is 16.3. The minimum Gasteiger partial charge on any atom is -0.494 e. The highest BCUT2D eigenvalue weighted by Crippen LogP contribution is 2.42. The number of fused-ring (bicyclic) bond motifs is 1. The maximum Gasteiger partial charge on any atom is 0.422 e. The van der Waals surface area contributed by atoms with Gasteiger partial charge in [0.1, 0.15) is 17.5 Å². The van der Waals surface area contributed by atoms with Gasteiger partial charge in [-0.2, -0.15) is 18.2 Å². The van der Waals surface area contributed by atoms with Crippen LogP contribution < -0.4 is 14.6 Å². The lowest BCUT2D eigenvalue weighted by Gasteiger charge is -2.26. The highest BCUT2D eigenvalue weighted by molar-refractivity contribution is 6.38. The van der Waals surface area contributed by atoms with E-state index in [-0.39, 0.29) is 17.5 Å². The summed E-state index contributed by atoms with van der Waals surface area (Å²) in [4.78, 5) is 12.7. The SMILES string of the molecule is COc1cc(NC2=N[N+]3(c4ccccc4C(F)(F)F)C=CN=CC3=N2)ccc1-n1cnc(C)c1. The number of alkyl halides is 3. The van der Waals surface area contributed by atoms with E-state index in [1.54, 1.807) is 25.6 Å². The molecule has 5 rings (SSSR count). The fraction of sp³-hybridized carbons (Fsp3) is 0.130. The first-order valence-electron chi connectivity index (χ1n) is 10.2. The number of aliphatic imine (C=N–C) groups is 2. The van der Waals surface area contributed by atoms with Crippen LogP contribution in [0.5, 0.6) is 5.75 Å². The molecular formula is C23H19F3N7O+. The fourth-order valence-electron chi connectivity index (χ4n) is 3.85. The Kier molecular flexibility index (Phi) is 5.05. The predicted octanol–water partition coefficient (Wildman–Crippen LogP) is 4.87. The van der Waals surface area contributed by atoms with Gasteiger partial charge in [-0.15, -0.1) is 0 Å². The summed E-state index contributed by atoms with van der Waals surface area (Å²) in [5.41, 5.74) is 1.37. The van der Waals surface area contributed by atoms with E-state index in [1.165, 1.54) is 36.8 Å². The molecular weight excluding hydrogens is 447 g/mol. The minimum absolute atomic E-state index is 0.0728. The Balaban J connectivity index is 1.53. The summed E-state index contributed by atoms with van der Waals surface area (Å²) >= 11 is 0. The molecule has 0 saturated heterocycles. The molecule has 3 aromatic rings. The summed E-state index contributed by atoms with van der Waals surface area (Å²) in [6, 6.07) is 10.7. The van der Waals surface area contributed by atoms with Crippen LogP contribution in [0.1, 0.15) is 11.3 Å². The number of aryl methyl sites for hydroxylation is 1. The van der Waals surface area contributed by atoms with Crippen LogP contribution in [0.15, 0.2) is 82.5 Å². The number of para-hydroxylation sites is 1. The van der Waals surface area contributed by atoms with E-state index < -0.39 is 16.3 Å². The Morgan fingerprint density at radius 3 is 2.68 bits per heavy atom. The smallest absolute Gasteiger partial charge is 0.422 e. The van der Waals surface area contributed by atoms with Crippen LogP contribution in [0, 0.1) is 6.92 Å². The summed E-state index contributed by atoms with van der Waals surface area (Å²) < 4.78 is 48.1. The second-order valence-electron chi connectivity index (χ2n) is 7.60. The molecule has 1 unspecified atom stereocenters. The van der Waals surface area contributed by atoms with Gasteiger partial charge in [0.05, 0.1) is 31.0 Å². The zero-order chi connectivity index (χ0) is 23.9. The number of nitrogens with one attached hydrogen (secondary N) is 1. The topological polar surface area (TPSA) is 76.2 Å². The molecule has 2 aliphatic rings. The van der Waals surface area contributed by atoms with Gasteiger partial charge >= 0.3 is 6.18 Å². The molecule has 0 amide bonds. The summed E-state index contributed by atoms with van der Waals surface area (Å²) in [6.45, 7) is 1.89. The van der Waals surface area contributed by atoms with Crippen molar-refractivity contribution in [2.45, 2.75) is 13.1 Å². The Morgan fingerprint density at radius 2 is 1.94 bits per heavy atom. The molecule has 0 saturated carbocycles.